The predicted octanol–water partition coefficient (Wildman–Crippen LogP) is 6.00. The summed E-state index contributed by atoms with van der Waals surface area (Å²) in [5, 5.41) is 37.5. The van der Waals surface area contributed by atoms with Crippen LogP contribution in [0, 0.1) is 0 Å². The lowest BCUT2D eigenvalue weighted by Gasteiger charge is -2.22. The molecule has 2 aliphatic rings. The summed E-state index contributed by atoms with van der Waals surface area (Å²) >= 11 is 25.0. The van der Waals surface area contributed by atoms with Gasteiger partial charge in [0.25, 0.3) is 0 Å². The first-order chi connectivity index (χ1) is 18.3. The van der Waals surface area contributed by atoms with E-state index in [9.17, 15) is 39.6 Å². The predicted molar refractivity (Wildman–Crippen MR) is 140 cm³/mol. The number of aromatic hydroxyl groups is 1. The molecule has 0 aromatic heterocycles. The van der Waals surface area contributed by atoms with Gasteiger partial charge in [0.1, 0.15) is 0 Å². The Morgan fingerprint density at radius 3 is 1.82 bits per heavy atom. The number of ether oxygens (including phenoxy) is 2. The Kier molecular flexibility index (Phi) is 7.21. The molecule has 0 radical (unpaired) electrons. The first-order valence-electron chi connectivity index (χ1n) is 10.3. The highest BCUT2D eigenvalue weighted by Gasteiger charge is 2.36. The third kappa shape index (κ3) is 4.14. The van der Waals surface area contributed by atoms with E-state index in [-0.39, 0.29) is 38.6 Å². The molecule has 0 bridgehead atoms. The first-order valence-corrected chi connectivity index (χ1v) is 11.8. The van der Waals surface area contributed by atoms with E-state index in [1.807, 2.05) is 0 Å². The molecule has 4 rings (SSSR count). The van der Waals surface area contributed by atoms with Crippen molar-refractivity contribution in [2.75, 3.05) is 14.2 Å². The Hall–Kier alpha value is -3.90. The van der Waals surface area contributed by atoms with Gasteiger partial charge < -0.3 is 34.3 Å². The van der Waals surface area contributed by atoms with E-state index in [1.54, 1.807) is 0 Å². The number of hydrogen-bond acceptors (Lipinski definition) is 8. The Balaban J connectivity index is 2.48. The Bertz CT molecular complexity index is 1790. The molecule has 1 aliphatic heterocycles. The summed E-state index contributed by atoms with van der Waals surface area (Å²) in [7, 11) is 2.28. The minimum Gasteiger partial charge on any atom is -0.503 e. The minimum absolute atomic E-state index is 0.112. The van der Waals surface area contributed by atoms with E-state index in [2.05, 4.69) is 0 Å². The van der Waals surface area contributed by atoms with Crippen LogP contribution < -0.4 is 14.9 Å². The van der Waals surface area contributed by atoms with Gasteiger partial charge in [-0.1, -0.05) is 46.4 Å². The molecule has 0 atom stereocenters. The van der Waals surface area contributed by atoms with Crippen molar-refractivity contribution in [1.82, 2.24) is 0 Å². The van der Waals surface area contributed by atoms with Gasteiger partial charge in [-0.25, -0.2) is 14.4 Å². The average Bonchev–Trinajstić information content (AvgIpc) is 2.85. The fourth-order valence-electron chi connectivity index (χ4n) is 4.18. The molecule has 2 aromatic carbocycles. The standard InChI is InChI=1S/C24H12Cl4O11/c1-37-20-16(29)7(25)3-5-9(6-4-8(26)17(30)21(38-2)19(6)39-18(5)20)10-11(22(31)32)15(28)13(24(35)36)12(14(10)27)23(33)34/h3-4,29H,1-2H3,(H,31,32)(H,33,34)(H,35,36). The van der Waals surface area contributed by atoms with E-state index in [4.69, 9.17) is 60.3 Å². The lowest BCUT2D eigenvalue weighted by Crippen LogP contribution is -2.16. The molecule has 0 unspecified atom stereocenters. The number of carboxylic acid groups (broad SMARTS) is 3. The number of rotatable bonds is 6. The topological polar surface area (TPSA) is 181 Å². The van der Waals surface area contributed by atoms with Crippen LogP contribution in [-0.2, 0) is 0 Å². The van der Waals surface area contributed by atoms with Gasteiger partial charge >= 0.3 is 17.9 Å². The van der Waals surface area contributed by atoms with Crippen LogP contribution >= 0.6 is 46.4 Å². The summed E-state index contributed by atoms with van der Waals surface area (Å²) < 4.78 is 16.3. The Morgan fingerprint density at radius 2 is 1.31 bits per heavy atom. The Labute approximate surface area is 236 Å². The Morgan fingerprint density at radius 1 is 0.769 bits per heavy atom. The van der Waals surface area contributed by atoms with Gasteiger partial charge in [0.15, 0.2) is 17.1 Å². The molecule has 1 heterocycles. The van der Waals surface area contributed by atoms with Crippen molar-refractivity contribution in [3.63, 3.8) is 0 Å². The molecular weight excluding hydrogens is 606 g/mol. The largest absolute Gasteiger partial charge is 0.503 e. The van der Waals surface area contributed by atoms with Crippen molar-refractivity contribution in [1.29, 1.82) is 0 Å². The van der Waals surface area contributed by atoms with Crippen LogP contribution in [-0.4, -0.2) is 52.6 Å². The van der Waals surface area contributed by atoms with E-state index in [1.165, 1.54) is 0 Å². The average molecular weight is 618 g/mol. The van der Waals surface area contributed by atoms with Crippen LogP contribution in [0.3, 0.4) is 0 Å². The molecule has 2 aromatic rings. The molecule has 0 saturated carbocycles. The highest BCUT2D eigenvalue weighted by atomic mass is 35.5. The number of phenols is 1. The fraction of sp³-hybridized carbons (Fsp3) is 0.0833. The quantitative estimate of drug-likeness (QED) is 0.186. The molecule has 0 spiro atoms. The van der Waals surface area contributed by atoms with Gasteiger partial charge in [0, 0.05) is 22.1 Å². The highest BCUT2D eigenvalue weighted by Crippen LogP contribution is 2.53. The molecule has 0 amide bonds. The number of methoxy groups -OCH3 is 2. The summed E-state index contributed by atoms with van der Waals surface area (Å²) in [6, 6.07) is 2.20. The van der Waals surface area contributed by atoms with Gasteiger partial charge in [-0.05, 0) is 12.1 Å². The van der Waals surface area contributed by atoms with Crippen LogP contribution in [0.5, 0.6) is 17.2 Å². The molecule has 0 saturated heterocycles. The SMILES string of the molecule is COc1c2oc3c(OC)c(O)c(Cl)cc3c(-c3c(Cl)c(C(=O)O)c(C(=O)O)c(Cl)c3C(=O)O)c-2cc(Cl)c1=O. The maximum Gasteiger partial charge on any atom is 0.338 e. The normalized spacial score (nSPS) is 11.1. The van der Waals surface area contributed by atoms with E-state index in [0.29, 0.717) is 0 Å². The summed E-state index contributed by atoms with van der Waals surface area (Å²) in [5.41, 5.74) is -5.09. The van der Waals surface area contributed by atoms with Crippen molar-refractivity contribution < 1.29 is 48.7 Å². The van der Waals surface area contributed by atoms with Crippen LogP contribution in [0.25, 0.3) is 33.4 Å². The number of carbonyl (C=O) groups is 3. The molecule has 15 heteroatoms. The zero-order valence-electron chi connectivity index (χ0n) is 19.3. The van der Waals surface area contributed by atoms with Gasteiger partial charge in [0.05, 0.1) is 51.0 Å². The van der Waals surface area contributed by atoms with Crippen LogP contribution in [0.2, 0.25) is 20.1 Å². The molecular formula is C24H12Cl4O11. The van der Waals surface area contributed by atoms with Gasteiger partial charge in [-0.2, -0.15) is 0 Å². The maximum absolute atomic E-state index is 12.7. The lowest BCUT2D eigenvalue weighted by molar-refractivity contribution is 0.0649. The zero-order chi connectivity index (χ0) is 29.1. The van der Waals surface area contributed by atoms with Crippen LogP contribution in [0.4, 0.5) is 0 Å². The van der Waals surface area contributed by atoms with Crippen molar-refractivity contribution in [3.05, 3.63) is 59.1 Å². The summed E-state index contributed by atoms with van der Waals surface area (Å²) in [5.74, 6) is -7.21. The van der Waals surface area contributed by atoms with Crippen LogP contribution in [0.15, 0.2) is 21.3 Å². The lowest BCUT2D eigenvalue weighted by atomic mass is 9.87. The number of halogens is 4. The molecule has 11 nitrogen and oxygen atoms in total. The third-order valence-corrected chi connectivity index (χ3v) is 7.05. The smallest absolute Gasteiger partial charge is 0.338 e. The number of benzene rings is 3. The summed E-state index contributed by atoms with van der Waals surface area (Å²) in [6.45, 7) is 0. The second kappa shape index (κ2) is 10.0. The highest BCUT2D eigenvalue weighted by molar-refractivity contribution is 6.44. The second-order valence-corrected chi connectivity index (χ2v) is 9.31. The maximum atomic E-state index is 12.7. The molecule has 202 valence electrons. The van der Waals surface area contributed by atoms with E-state index < -0.39 is 72.2 Å². The molecule has 4 N–H and O–H groups in total. The van der Waals surface area contributed by atoms with Crippen molar-refractivity contribution in [2.24, 2.45) is 0 Å². The third-order valence-electron chi connectivity index (χ3n) is 5.73. The summed E-state index contributed by atoms with van der Waals surface area (Å²) in [4.78, 5) is 49.3. The zero-order valence-corrected chi connectivity index (χ0v) is 22.3. The number of carboxylic acids is 3. The van der Waals surface area contributed by atoms with Crippen LogP contribution in [0.1, 0.15) is 31.1 Å². The monoisotopic (exact) mass is 616 g/mol. The van der Waals surface area contributed by atoms with Crippen molar-refractivity contribution in [3.8, 4) is 39.7 Å². The van der Waals surface area contributed by atoms with Gasteiger partial charge in [0.2, 0.25) is 16.9 Å². The molecule has 39 heavy (non-hydrogen) atoms. The second-order valence-electron chi connectivity index (χ2n) is 7.73. The van der Waals surface area contributed by atoms with Gasteiger partial charge in [-0.3, -0.25) is 4.79 Å². The van der Waals surface area contributed by atoms with E-state index in [0.717, 1.165) is 26.4 Å². The van der Waals surface area contributed by atoms with Gasteiger partial charge in [-0.15, -0.1) is 0 Å². The minimum atomic E-state index is -1.86. The first kappa shape index (κ1) is 28.1. The summed E-state index contributed by atoms with van der Waals surface area (Å²) in [6.07, 6.45) is 0. The van der Waals surface area contributed by atoms with Crippen molar-refractivity contribution in [2.45, 2.75) is 0 Å². The number of aromatic carboxylic acids is 3. The van der Waals surface area contributed by atoms with E-state index >= 15 is 0 Å². The fourth-order valence-corrected chi connectivity index (χ4v) is 5.29. The number of fused-ring (bicyclic) bond motifs is 2. The van der Waals surface area contributed by atoms with Crippen molar-refractivity contribution >= 4 is 75.3 Å². The molecule has 1 aliphatic carbocycles. The molecule has 0 fully saturated rings. The number of hydrogen-bond donors (Lipinski definition) is 4. The number of phenolic OH excluding ortho intramolecular Hbond substituents is 1.